The summed E-state index contributed by atoms with van der Waals surface area (Å²) in [4.78, 5) is 22.4. The fraction of sp³-hybridized carbons (Fsp3) is 0.429. The zero-order valence-electron chi connectivity index (χ0n) is 17.5. The van der Waals surface area contributed by atoms with Crippen LogP contribution in [0.4, 0.5) is 0 Å². The standard InChI is InChI=1S/C21H22ClN5O4/c1-21(2)7-6-15(30-21)19-24-18(25-31-19)16-17-20(28)26(8-9-29-3)14-10-12(22)4-5-13(14)27(17)11-23-16/h4-5,10-11,15H,6-9H2,1-3H3. The molecule has 5 rings (SSSR count). The molecule has 0 aliphatic carbocycles. The Kier molecular flexibility index (Phi) is 4.84. The number of rotatable bonds is 5. The molecule has 0 saturated carbocycles. The van der Waals surface area contributed by atoms with Gasteiger partial charge in [0.1, 0.15) is 23.6 Å². The summed E-state index contributed by atoms with van der Waals surface area (Å²) in [5, 5.41) is 4.63. The van der Waals surface area contributed by atoms with Crippen LogP contribution in [0.15, 0.2) is 33.8 Å². The van der Waals surface area contributed by atoms with E-state index >= 15 is 0 Å². The molecule has 1 atom stereocenters. The SMILES string of the molecule is COCCn1c(=O)c2c(-c3noc(C4CCC(C)(C)O4)n3)ncn2c2ccc(Cl)cc21. The minimum atomic E-state index is -0.258. The van der Waals surface area contributed by atoms with Crippen LogP contribution in [0.3, 0.4) is 0 Å². The minimum Gasteiger partial charge on any atom is -0.383 e. The van der Waals surface area contributed by atoms with Gasteiger partial charge in [-0.25, -0.2) is 4.98 Å². The topological polar surface area (TPSA) is 96.7 Å². The van der Waals surface area contributed by atoms with Crippen molar-refractivity contribution < 1.29 is 14.0 Å². The number of ether oxygens (including phenoxy) is 2. The Hall–Kier alpha value is -2.75. The van der Waals surface area contributed by atoms with E-state index in [2.05, 4.69) is 15.1 Å². The van der Waals surface area contributed by atoms with Crippen LogP contribution in [-0.2, 0) is 16.0 Å². The lowest BCUT2D eigenvalue weighted by molar-refractivity contribution is -0.0292. The molecule has 1 aromatic carbocycles. The highest BCUT2D eigenvalue weighted by molar-refractivity contribution is 6.31. The van der Waals surface area contributed by atoms with Gasteiger partial charge in [0.05, 0.1) is 23.2 Å². The van der Waals surface area contributed by atoms with Gasteiger partial charge in [-0.3, -0.25) is 9.20 Å². The molecule has 1 aliphatic rings. The second-order valence-corrected chi connectivity index (χ2v) is 8.69. The lowest BCUT2D eigenvalue weighted by Crippen LogP contribution is -2.25. The van der Waals surface area contributed by atoms with Crippen molar-refractivity contribution in [1.82, 2.24) is 24.1 Å². The smallest absolute Gasteiger partial charge is 0.277 e. The summed E-state index contributed by atoms with van der Waals surface area (Å²) in [6, 6.07) is 5.40. The number of fused-ring (bicyclic) bond motifs is 3. The first-order valence-corrected chi connectivity index (χ1v) is 10.5. The summed E-state index contributed by atoms with van der Waals surface area (Å²) in [6.07, 6.45) is 3.04. The maximum Gasteiger partial charge on any atom is 0.277 e. The number of aromatic nitrogens is 5. The largest absolute Gasteiger partial charge is 0.383 e. The van der Waals surface area contributed by atoms with E-state index in [1.807, 2.05) is 19.9 Å². The summed E-state index contributed by atoms with van der Waals surface area (Å²) >= 11 is 6.20. The predicted octanol–water partition coefficient (Wildman–Crippen LogP) is 3.63. The van der Waals surface area contributed by atoms with Crippen LogP contribution in [0, 0.1) is 0 Å². The molecule has 0 bridgehead atoms. The quantitative estimate of drug-likeness (QED) is 0.464. The monoisotopic (exact) mass is 443 g/mol. The molecule has 1 aliphatic heterocycles. The summed E-state index contributed by atoms with van der Waals surface area (Å²) in [5.41, 5.74) is 1.75. The van der Waals surface area contributed by atoms with E-state index in [9.17, 15) is 4.79 Å². The van der Waals surface area contributed by atoms with Gasteiger partial charge in [0.2, 0.25) is 5.82 Å². The molecule has 1 unspecified atom stereocenters. The summed E-state index contributed by atoms with van der Waals surface area (Å²) in [5.74, 6) is 0.656. The average molecular weight is 444 g/mol. The van der Waals surface area contributed by atoms with Crippen molar-refractivity contribution in [1.29, 1.82) is 0 Å². The number of methoxy groups -OCH3 is 1. The van der Waals surface area contributed by atoms with Crippen LogP contribution >= 0.6 is 11.6 Å². The number of nitrogens with zero attached hydrogens (tertiary/aromatic N) is 5. The fourth-order valence-electron chi connectivity index (χ4n) is 4.08. The fourth-order valence-corrected chi connectivity index (χ4v) is 4.24. The van der Waals surface area contributed by atoms with E-state index in [1.165, 1.54) is 0 Å². The second kappa shape index (κ2) is 7.44. The van der Waals surface area contributed by atoms with Crippen LogP contribution < -0.4 is 5.56 Å². The van der Waals surface area contributed by atoms with E-state index < -0.39 is 0 Å². The Morgan fingerprint density at radius 1 is 1.32 bits per heavy atom. The van der Waals surface area contributed by atoms with Gasteiger partial charge in [-0.05, 0) is 44.9 Å². The highest BCUT2D eigenvalue weighted by atomic mass is 35.5. The van der Waals surface area contributed by atoms with E-state index in [0.29, 0.717) is 40.8 Å². The van der Waals surface area contributed by atoms with Gasteiger partial charge >= 0.3 is 0 Å². The molecular weight excluding hydrogens is 422 g/mol. The molecule has 4 heterocycles. The van der Waals surface area contributed by atoms with E-state index in [1.54, 1.807) is 34.5 Å². The van der Waals surface area contributed by atoms with E-state index in [4.69, 9.17) is 25.6 Å². The normalized spacial score (nSPS) is 18.4. The summed E-state index contributed by atoms with van der Waals surface area (Å²) in [7, 11) is 1.59. The average Bonchev–Trinajstić information content (AvgIpc) is 3.45. The molecule has 10 heteroatoms. The number of hydrogen-bond donors (Lipinski definition) is 0. The van der Waals surface area contributed by atoms with Gasteiger partial charge in [0, 0.05) is 18.7 Å². The Morgan fingerprint density at radius 3 is 2.90 bits per heavy atom. The minimum absolute atomic E-state index is 0.227. The van der Waals surface area contributed by atoms with Crippen molar-refractivity contribution in [2.45, 2.75) is 44.9 Å². The van der Waals surface area contributed by atoms with Gasteiger partial charge in [-0.15, -0.1) is 0 Å². The maximum absolute atomic E-state index is 13.5. The van der Waals surface area contributed by atoms with Crippen LogP contribution in [0.2, 0.25) is 5.02 Å². The summed E-state index contributed by atoms with van der Waals surface area (Å²) < 4.78 is 20.0. The molecule has 3 aromatic heterocycles. The molecule has 9 nitrogen and oxygen atoms in total. The third kappa shape index (κ3) is 3.42. The van der Waals surface area contributed by atoms with Gasteiger partial charge in [0.25, 0.3) is 11.4 Å². The molecule has 1 fully saturated rings. The van der Waals surface area contributed by atoms with Crippen molar-refractivity contribution in [2.75, 3.05) is 13.7 Å². The first-order chi connectivity index (χ1) is 14.9. The molecule has 31 heavy (non-hydrogen) atoms. The highest BCUT2D eigenvalue weighted by Crippen LogP contribution is 2.38. The van der Waals surface area contributed by atoms with Crippen molar-refractivity contribution in [3.05, 3.63) is 45.8 Å². The second-order valence-electron chi connectivity index (χ2n) is 8.26. The number of imidazole rings is 1. The van der Waals surface area contributed by atoms with Crippen molar-refractivity contribution in [3.63, 3.8) is 0 Å². The van der Waals surface area contributed by atoms with Gasteiger partial charge in [-0.1, -0.05) is 16.8 Å². The first kappa shape index (κ1) is 20.2. The van der Waals surface area contributed by atoms with E-state index in [0.717, 1.165) is 18.4 Å². The Labute approximate surface area is 182 Å². The molecule has 0 amide bonds. The van der Waals surface area contributed by atoms with Crippen LogP contribution in [-0.4, -0.2) is 43.4 Å². The van der Waals surface area contributed by atoms with Gasteiger partial charge in [-0.2, -0.15) is 4.98 Å². The maximum atomic E-state index is 13.5. The zero-order valence-corrected chi connectivity index (χ0v) is 18.2. The Bertz CT molecular complexity index is 1340. The van der Waals surface area contributed by atoms with Crippen molar-refractivity contribution >= 4 is 28.2 Å². The Morgan fingerprint density at radius 2 is 2.16 bits per heavy atom. The number of benzene rings is 1. The van der Waals surface area contributed by atoms with Crippen LogP contribution in [0.25, 0.3) is 28.1 Å². The molecule has 4 aromatic rings. The molecule has 0 N–H and O–H groups in total. The lowest BCUT2D eigenvalue weighted by Gasteiger charge is -2.17. The predicted molar refractivity (Wildman–Crippen MR) is 114 cm³/mol. The highest BCUT2D eigenvalue weighted by Gasteiger charge is 2.36. The zero-order chi connectivity index (χ0) is 21.8. The van der Waals surface area contributed by atoms with Crippen molar-refractivity contribution in [2.24, 2.45) is 0 Å². The lowest BCUT2D eigenvalue weighted by atomic mass is 10.1. The molecule has 1 saturated heterocycles. The number of halogens is 1. The van der Waals surface area contributed by atoms with Gasteiger partial charge < -0.3 is 18.6 Å². The van der Waals surface area contributed by atoms with Crippen LogP contribution in [0.1, 0.15) is 38.7 Å². The number of hydrogen-bond acceptors (Lipinski definition) is 7. The van der Waals surface area contributed by atoms with Crippen molar-refractivity contribution in [3.8, 4) is 11.5 Å². The third-order valence-corrected chi connectivity index (χ3v) is 5.86. The van der Waals surface area contributed by atoms with E-state index in [-0.39, 0.29) is 23.1 Å². The molecule has 162 valence electrons. The molecule has 0 spiro atoms. The molecular formula is C21H22ClN5O4. The van der Waals surface area contributed by atoms with Gasteiger partial charge in [0.15, 0.2) is 0 Å². The molecule has 0 radical (unpaired) electrons. The summed E-state index contributed by atoms with van der Waals surface area (Å²) in [6.45, 7) is 4.82. The van der Waals surface area contributed by atoms with Crippen LogP contribution in [0.5, 0.6) is 0 Å². The Balaban J connectivity index is 1.66. The third-order valence-electron chi connectivity index (χ3n) is 5.62. The first-order valence-electron chi connectivity index (χ1n) is 10.1.